The van der Waals surface area contributed by atoms with Crippen LogP contribution in [-0.2, 0) is 4.76 Å². The normalized spacial score (nSPS) is 31.7. The van der Waals surface area contributed by atoms with Gasteiger partial charge in [-0.05, 0) is 0 Å². The van der Waals surface area contributed by atoms with Gasteiger partial charge in [-0.15, -0.1) is 0 Å². The summed E-state index contributed by atoms with van der Waals surface area (Å²) in [5.41, 5.74) is 2.57. The van der Waals surface area contributed by atoms with Crippen LogP contribution in [0.15, 0.2) is 0 Å². The quantitative estimate of drug-likeness (QED) is 0.400. The van der Waals surface area contributed by atoms with Crippen LogP contribution in [0, 0.1) is 0 Å². The molecule has 0 amide bonds. The Morgan fingerprint density at radius 2 is 2.71 bits per heavy atom. The average Bonchev–Trinajstić information content (AvgIpc) is 1.91. The zero-order valence-electron chi connectivity index (χ0n) is 4.22. The van der Waals surface area contributed by atoms with Crippen LogP contribution in [0.3, 0.4) is 0 Å². The zero-order chi connectivity index (χ0) is 5.28. The lowest BCUT2D eigenvalue weighted by Gasteiger charge is -1.93. The molecular weight excluding hydrogens is 92.8 g/mol. The Hall–Kier alpha value is -0.0551. The molecule has 4 heteroatoms. The second kappa shape index (κ2) is 1.82. The molecule has 1 aliphatic rings. The number of hydrogen-bond donors (Lipinski definition) is 2. The third-order valence-corrected chi connectivity index (χ3v) is 1.10. The van der Waals surface area contributed by atoms with Crippen molar-refractivity contribution in [2.24, 2.45) is 0 Å². The Balaban J connectivity index is 2.33. The van der Waals surface area contributed by atoms with Gasteiger partial charge in [0.25, 0.3) is 0 Å². The molecule has 1 rings (SSSR count). The van der Waals surface area contributed by atoms with Crippen molar-refractivity contribution in [1.82, 2.24) is 5.48 Å². The molecule has 1 heterocycles. The van der Waals surface area contributed by atoms with Crippen LogP contribution < -0.4 is 5.48 Å². The van der Waals surface area contributed by atoms with Crippen LogP contribution in [0.1, 0.15) is 6.92 Å². The Bertz CT molecular complexity index is 62.0. The predicted molar refractivity (Wildman–Crippen MR) is 26.5 cm³/mol. The van der Waals surface area contributed by atoms with Crippen molar-refractivity contribution in [2.45, 2.75) is 12.7 Å². The summed E-state index contributed by atoms with van der Waals surface area (Å²) in [7, 11) is -0.597. The maximum Gasteiger partial charge on any atom is 0.476 e. The molecule has 0 aromatic rings. The van der Waals surface area contributed by atoms with E-state index in [1.165, 1.54) is 0 Å². The van der Waals surface area contributed by atoms with E-state index in [-0.39, 0.29) is 5.82 Å². The van der Waals surface area contributed by atoms with Crippen molar-refractivity contribution in [3.8, 4) is 0 Å². The zero-order valence-corrected chi connectivity index (χ0v) is 4.22. The van der Waals surface area contributed by atoms with Gasteiger partial charge >= 0.3 is 7.12 Å². The SMILES string of the molecule is CC1CNOB1O. The summed E-state index contributed by atoms with van der Waals surface area (Å²) in [6.45, 7) is 2.67. The van der Waals surface area contributed by atoms with Crippen LogP contribution in [0.2, 0.25) is 5.82 Å². The molecule has 3 nitrogen and oxygen atoms in total. The van der Waals surface area contributed by atoms with Crippen molar-refractivity contribution in [3.05, 3.63) is 0 Å². The van der Waals surface area contributed by atoms with Gasteiger partial charge in [0.2, 0.25) is 0 Å². The maximum absolute atomic E-state index is 8.71. The van der Waals surface area contributed by atoms with E-state index in [1.54, 1.807) is 0 Å². The first-order valence-corrected chi connectivity index (χ1v) is 2.37. The van der Waals surface area contributed by atoms with Crippen molar-refractivity contribution in [1.29, 1.82) is 0 Å². The molecule has 1 unspecified atom stereocenters. The lowest BCUT2D eigenvalue weighted by Crippen LogP contribution is -2.15. The highest BCUT2D eigenvalue weighted by molar-refractivity contribution is 6.45. The van der Waals surface area contributed by atoms with Crippen LogP contribution >= 0.6 is 0 Å². The predicted octanol–water partition coefficient (Wildman–Crippen LogP) is -0.608. The lowest BCUT2D eigenvalue weighted by atomic mass is 9.76. The summed E-state index contributed by atoms with van der Waals surface area (Å²) in [6, 6.07) is 0. The van der Waals surface area contributed by atoms with E-state index in [9.17, 15) is 0 Å². The number of nitrogens with one attached hydrogen (secondary N) is 1. The molecule has 1 saturated heterocycles. The fourth-order valence-electron chi connectivity index (χ4n) is 0.482. The highest BCUT2D eigenvalue weighted by Crippen LogP contribution is 2.09. The molecule has 0 aromatic carbocycles. The molecule has 0 saturated carbocycles. The van der Waals surface area contributed by atoms with Crippen molar-refractivity contribution in [3.63, 3.8) is 0 Å². The minimum Gasteiger partial charge on any atom is -0.426 e. The summed E-state index contributed by atoms with van der Waals surface area (Å²) in [5.74, 6) is 0.236. The van der Waals surface area contributed by atoms with E-state index >= 15 is 0 Å². The van der Waals surface area contributed by atoms with Crippen molar-refractivity contribution in [2.75, 3.05) is 6.54 Å². The molecule has 2 N–H and O–H groups in total. The van der Waals surface area contributed by atoms with Crippen LogP contribution in [0.4, 0.5) is 0 Å². The molecule has 0 spiro atoms. The molecule has 40 valence electrons. The molecule has 7 heavy (non-hydrogen) atoms. The third-order valence-electron chi connectivity index (χ3n) is 1.10. The second-order valence-electron chi connectivity index (χ2n) is 1.83. The molecule has 1 fully saturated rings. The molecule has 0 aliphatic carbocycles. The van der Waals surface area contributed by atoms with Gasteiger partial charge in [0, 0.05) is 12.4 Å². The smallest absolute Gasteiger partial charge is 0.426 e. The maximum atomic E-state index is 8.71. The molecule has 0 bridgehead atoms. The van der Waals surface area contributed by atoms with Gasteiger partial charge in [-0.1, -0.05) is 6.92 Å². The minimum absolute atomic E-state index is 0.236. The van der Waals surface area contributed by atoms with Crippen LogP contribution in [0.25, 0.3) is 0 Å². The summed E-state index contributed by atoms with van der Waals surface area (Å²) in [5, 5.41) is 8.71. The van der Waals surface area contributed by atoms with Gasteiger partial charge in [-0.2, -0.15) is 0 Å². The number of rotatable bonds is 0. The van der Waals surface area contributed by atoms with Gasteiger partial charge in [0.15, 0.2) is 0 Å². The van der Waals surface area contributed by atoms with Crippen LogP contribution in [-0.4, -0.2) is 18.7 Å². The highest BCUT2D eigenvalue weighted by atomic mass is 16.7. The van der Waals surface area contributed by atoms with E-state index in [4.69, 9.17) is 5.02 Å². The Morgan fingerprint density at radius 1 is 2.00 bits per heavy atom. The molecule has 1 atom stereocenters. The van der Waals surface area contributed by atoms with E-state index < -0.39 is 7.12 Å². The number of hydrogen-bond acceptors (Lipinski definition) is 3. The number of hydroxylamine groups is 1. The fourth-order valence-corrected chi connectivity index (χ4v) is 0.482. The molecule has 1 aliphatic heterocycles. The Morgan fingerprint density at radius 3 is 2.86 bits per heavy atom. The standard InChI is InChI=1S/C3H8BNO2/c1-3-2-5-7-4(3)6/h3,5-6H,2H2,1H3. The summed E-state index contributed by atoms with van der Waals surface area (Å²) < 4.78 is 4.57. The molecule has 0 aromatic heterocycles. The topological polar surface area (TPSA) is 41.5 Å². The molecular formula is C3H8BNO2. The molecule has 0 radical (unpaired) electrons. The lowest BCUT2D eigenvalue weighted by molar-refractivity contribution is 0.200. The van der Waals surface area contributed by atoms with E-state index in [2.05, 4.69) is 10.2 Å². The van der Waals surface area contributed by atoms with E-state index in [0.717, 1.165) is 6.54 Å². The van der Waals surface area contributed by atoms with Crippen molar-refractivity contribution >= 4 is 7.12 Å². The van der Waals surface area contributed by atoms with Gasteiger partial charge in [-0.3, -0.25) is 0 Å². The van der Waals surface area contributed by atoms with Crippen LogP contribution in [0.5, 0.6) is 0 Å². The summed E-state index contributed by atoms with van der Waals surface area (Å²) in [6.07, 6.45) is 0. The first kappa shape index (κ1) is 5.09. The Kier molecular flexibility index (Phi) is 1.32. The monoisotopic (exact) mass is 101 g/mol. The Labute approximate surface area is 42.8 Å². The van der Waals surface area contributed by atoms with Crippen molar-refractivity contribution < 1.29 is 9.78 Å². The first-order chi connectivity index (χ1) is 3.30. The van der Waals surface area contributed by atoms with Gasteiger partial charge in [0.05, 0.1) is 0 Å². The highest BCUT2D eigenvalue weighted by Gasteiger charge is 2.28. The summed E-state index contributed by atoms with van der Waals surface area (Å²) in [4.78, 5) is 0. The van der Waals surface area contributed by atoms with Gasteiger partial charge in [-0.25, -0.2) is 5.48 Å². The average molecular weight is 101 g/mol. The van der Waals surface area contributed by atoms with E-state index in [1.807, 2.05) is 6.92 Å². The largest absolute Gasteiger partial charge is 0.476 e. The second-order valence-corrected chi connectivity index (χ2v) is 1.83. The van der Waals surface area contributed by atoms with Gasteiger partial charge in [0.1, 0.15) is 0 Å². The fraction of sp³-hybridized carbons (Fsp3) is 1.00. The minimum atomic E-state index is -0.597. The summed E-state index contributed by atoms with van der Waals surface area (Å²) >= 11 is 0. The third kappa shape index (κ3) is 0.935. The van der Waals surface area contributed by atoms with Gasteiger partial charge < -0.3 is 9.78 Å². The van der Waals surface area contributed by atoms with E-state index in [0.29, 0.717) is 0 Å². The first-order valence-electron chi connectivity index (χ1n) is 2.37.